The first-order chi connectivity index (χ1) is 9.65. The minimum Gasteiger partial charge on any atom is -0.444 e. The number of aliphatic hydroxyl groups excluding tert-OH is 1. The van der Waals surface area contributed by atoms with Crippen molar-refractivity contribution in [2.24, 2.45) is 0 Å². The number of amides is 1. The molecule has 0 radical (unpaired) electrons. The van der Waals surface area contributed by atoms with Crippen LogP contribution in [-0.2, 0) is 4.74 Å². The van der Waals surface area contributed by atoms with Crippen LogP contribution in [0.15, 0.2) is 18.2 Å². The number of halogens is 2. The minimum atomic E-state index is -1.02. The van der Waals surface area contributed by atoms with Gasteiger partial charge in [-0.25, -0.2) is 13.6 Å². The van der Waals surface area contributed by atoms with E-state index in [0.29, 0.717) is 5.56 Å². The number of hydrogen-bond donors (Lipinski definition) is 1. The standard InChI is InChI=1S/C15H19F2NO3/c1-15(2,3)21-14(20)18-8-10(6-13(18)19)9-4-11(16)7-12(17)5-9/h4-5,7,10,13,19H,6,8H2,1-3H3/t10-,13?/m1/s1. The van der Waals surface area contributed by atoms with Gasteiger partial charge in [-0.1, -0.05) is 0 Å². The molecule has 2 rings (SSSR count). The highest BCUT2D eigenvalue weighted by molar-refractivity contribution is 5.69. The number of likely N-dealkylation sites (tertiary alicyclic amines) is 1. The van der Waals surface area contributed by atoms with Crippen LogP contribution in [0, 0.1) is 11.6 Å². The minimum absolute atomic E-state index is 0.166. The summed E-state index contributed by atoms with van der Waals surface area (Å²) < 4.78 is 31.7. The van der Waals surface area contributed by atoms with Crippen LogP contribution in [0.2, 0.25) is 0 Å². The highest BCUT2D eigenvalue weighted by Crippen LogP contribution is 2.32. The first-order valence-electron chi connectivity index (χ1n) is 6.79. The Bertz CT molecular complexity index is 522. The lowest BCUT2D eigenvalue weighted by Crippen LogP contribution is -2.39. The highest BCUT2D eigenvalue weighted by Gasteiger charge is 2.37. The van der Waals surface area contributed by atoms with Crippen LogP contribution in [0.4, 0.5) is 13.6 Å². The molecule has 1 aromatic carbocycles. The van der Waals surface area contributed by atoms with Crippen LogP contribution in [0.3, 0.4) is 0 Å². The van der Waals surface area contributed by atoms with E-state index < -0.39 is 29.6 Å². The Kier molecular flexibility index (Phi) is 4.18. The van der Waals surface area contributed by atoms with Gasteiger partial charge in [-0.15, -0.1) is 0 Å². The van der Waals surface area contributed by atoms with Gasteiger partial charge >= 0.3 is 6.09 Å². The molecule has 1 aromatic rings. The van der Waals surface area contributed by atoms with E-state index in [0.717, 1.165) is 6.07 Å². The highest BCUT2D eigenvalue weighted by atomic mass is 19.1. The maximum Gasteiger partial charge on any atom is 0.412 e. The van der Waals surface area contributed by atoms with E-state index in [4.69, 9.17) is 4.74 Å². The number of benzene rings is 1. The first kappa shape index (κ1) is 15.7. The van der Waals surface area contributed by atoms with Crippen molar-refractivity contribution in [3.63, 3.8) is 0 Å². The molecule has 116 valence electrons. The summed E-state index contributed by atoms with van der Waals surface area (Å²) in [5.74, 6) is -1.66. The molecule has 2 atom stereocenters. The van der Waals surface area contributed by atoms with Crippen molar-refractivity contribution in [2.75, 3.05) is 6.54 Å². The van der Waals surface area contributed by atoms with E-state index in [-0.39, 0.29) is 18.9 Å². The number of rotatable bonds is 1. The Morgan fingerprint density at radius 1 is 1.29 bits per heavy atom. The Morgan fingerprint density at radius 2 is 1.86 bits per heavy atom. The summed E-state index contributed by atoms with van der Waals surface area (Å²) in [7, 11) is 0. The van der Waals surface area contributed by atoms with Crippen LogP contribution in [0.5, 0.6) is 0 Å². The van der Waals surface area contributed by atoms with Gasteiger partial charge < -0.3 is 9.84 Å². The van der Waals surface area contributed by atoms with Crippen molar-refractivity contribution < 1.29 is 23.4 Å². The summed E-state index contributed by atoms with van der Waals surface area (Å²) in [4.78, 5) is 13.2. The maximum atomic E-state index is 13.2. The molecule has 0 aliphatic carbocycles. The fourth-order valence-corrected chi connectivity index (χ4v) is 2.38. The summed E-state index contributed by atoms with van der Waals surface area (Å²) in [6, 6.07) is 3.23. The predicted octanol–water partition coefficient (Wildman–Crippen LogP) is 3.01. The third-order valence-corrected chi connectivity index (χ3v) is 3.26. The average Bonchev–Trinajstić information content (AvgIpc) is 2.68. The van der Waals surface area contributed by atoms with Gasteiger partial charge in [0.05, 0.1) is 0 Å². The molecule has 0 spiro atoms. The summed E-state index contributed by atoms with van der Waals surface area (Å²) in [5.41, 5.74) is -0.238. The van der Waals surface area contributed by atoms with Crippen molar-refractivity contribution in [2.45, 2.75) is 44.9 Å². The Labute approximate surface area is 122 Å². The van der Waals surface area contributed by atoms with Gasteiger partial charge in [0.2, 0.25) is 0 Å². The lowest BCUT2D eigenvalue weighted by molar-refractivity contribution is -0.0128. The Balaban J connectivity index is 2.12. The molecule has 1 aliphatic rings. The van der Waals surface area contributed by atoms with Crippen molar-refractivity contribution in [3.05, 3.63) is 35.4 Å². The molecular formula is C15H19F2NO3. The molecular weight excluding hydrogens is 280 g/mol. The monoisotopic (exact) mass is 299 g/mol. The second-order valence-electron chi connectivity index (χ2n) is 6.25. The molecule has 1 unspecified atom stereocenters. The van der Waals surface area contributed by atoms with E-state index in [9.17, 15) is 18.7 Å². The number of ether oxygens (including phenoxy) is 1. The molecule has 21 heavy (non-hydrogen) atoms. The lowest BCUT2D eigenvalue weighted by Gasteiger charge is -2.26. The Hall–Kier alpha value is -1.69. The summed E-state index contributed by atoms with van der Waals surface area (Å²) in [6.45, 7) is 5.35. The van der Waals surface area contributed by atoms with Gasteiger partial charge in [0.15, 0.2) is 0 Å². The van der Waals surface area contributed by atoms with Crippen molar-refractivity contribution in [3.8, 4) is 0 Å². The quantitative estimate of drug-likeness (QED) is 0.867. The maximum absolute atomic E-state index is 13.2. The third kappa shape index (κ3) is 3.91. The normalized spacial score (nSPS) is 22.5. The van der Waals surface area contributed by atoms with Gasteiger partial charge in [-0.05, 0) is 38.5 Å². The van der Waals surface area contributed by atoms with Crippen LogP contribution in [0.25, 0.3) is 0 Å². The zero-order valence-corrected chi connectivity index (χ0v) is 12.3. The van der Waals surface area contributed by atoms with Crippen LogP contribution in [-0.4, -0.2) is 34.5 Å². The largest absolute Gasteiger partial charge is 0.444 e. The van der Waals surface area contributed by atoms with E-state index in [1.54, 1.807) is 20.8 Å². The van der Waals surface area contributed by atoms with E-state index in [1.807, 2.05) is 0 Å². The third-order valence-electron chi connectivity index (χ3n) is 3.26. The predicted molar refractivity (Wildman–Crippen MR) is 72.7 cm³/mol. The van der Waals surface area contributed by atoms with Gasteiger partial charge in [0, 0.05) is 24.9 Å². The van der Waals surface area contributed by atoms with E-state index in [2.05, 4.69) is 0 Å². The molecule has 1 fully saturated rings. The number of carbonyl (C=O) groups is 1. The molecule has 1 N–H and O–H groups in total. The molecule has 0 aromatic heterocycles. The van der Waals surface area contributed by atoms with Crippen molar-refractivity contribution >= 4 is 6.09 Å². The summed E-state index contributed by atoms with van der Waals surface area (Å²) in [6.07, 6.45) is -1.42. The van der Waals surface area contributed by atoms with Crippen LogP contribution < -0.4 is 0 Å². The van der Waals surface area contributed by atoms with Gasteiger partial charge in [-0.2, -0.15) is 0 Å². The second-order valence-corrected chi connectivity index (χ2v) is 6.25. The van der Waals surface area contributed by atoms with Crippen molar-refractivity contribution in [1.82, 2.24) is 4.90 Å². The van der Waals surface area contributed by atoms with E-state index >= 15 is 0 Å². The summed E-state index contributed by atoms with van der Waals surface area (Å²) >= 11 is 0. The van der Waals surface area contributed by atoms with Crippen LogP contribution >= 0.6 is 0 Å². The van der Waals surface area contributed by atoms with Gasteiger partial charge in [0.25, 0.3) is 0 Å². The number of hydrogen-bond acceptors (Lipinski definition) is 3. The lowest BCUT2D eigenvalue weighted by atomic mass is 9.98. The molecule has 0 bridgehead atoms. The number of aliphatic hydroxyl groups is 1. The molecule has 1 heterocycles. The molecule has 1 aliphatic heterocycles. The zero-order chi connectivity index (χ0) is 15.8. The fraction of sp³-hybridized carbons (Fsp3) is 0.533. The average molecular weight is 299 g/mol. The number of nitrogens with zero attached hydrogens (tertiary/aromatic N) is 1. The smallest absolute Gasteiger partial charge is 0.412 e. The SMILES string of the molecule is CC(C)(C)OC(=O)N1C[C@H](c2cc(F)cc(F)c2)CC1O. The molecule has 0 saturated carbocycles. The molecule has 6 heteroatoms. The zero-order valence-electron chi connectivity index (χ0n) is 12.3. The van der Waals surface area contributed by atoms with E-state index in [1.165, 1.54) is 17.0 Å². The Morgan fingerprint density at radius 3 is 2.38 bits per heavy atom. The summed E-state index contributed by atoms with van der Waals surface area (Å²) in [5, 5.41) is 9.96. The van der Waals surface area contributed by atoms with Gasteiger partial charge in [-0.3, -0.25) is 4.90 Å². The first-order valence-corrected chi connectivity index (χ1v) is 6.79. The topological polar surface area (TPSA) is 49.8 Å². The van der Waals surface area contributed by atoms with Crippen molar-refractivity contribution in [1.29, 1.82) is 0 Å². The second kappa shape index (κ2) is 5.60. The number of carbonyl (C=O) groups excluding carboxylic acids is 1. The van der Waals surface area contributed by atoms with Crippen LogP contribution in [0.1, 0.15) is 38.7 Å². The molecule has 1 amide bonds. The molecule has 1 saturated heterocycles. The van der Waals surface area contributed by atoms with Gasteiger partial charge in [0.1, 0.15) is 23.5 Å². The molecule has 4 nitrogen and oxygen atoms in total. The fourth-order valence-electron chi connectivity index (χ4n) is 2.38.